The van der Waals surface area contributed by atoms with Crippen molar-refractivity contribution in [3.8, 4) is 11.4 Å². The van der Waals surface area contributed by atoms with E-state index in [0.29, 0.717) is 17.0 Å². The fourth-order valence-electron chi connectivity index (χ4n) is 2.23. The SMILES string of the molecule is CCNc1nc(-c2ccc(C)cc2)nc2ccc(F)cc12. The van der Waals surface area contributed by atoms with Gasteiger partial charge >= 0.3 is 0 Å². The molecule has 1 aromatic heterocycles. The van der Waals surface area contributed by atoms with Crippen molar-refractivity contribution >= 4 is 16.7 Å². The lowest BCUT2D eigenvalue weighted by Crippen LogP contribution is -2.03. The number of halogens is 1. The summed E-state index contributed by atoms with van der Waals surface area (Å²) >= 11 is 0. The van der Waals surface area contributed by atoms with E-state index >= 15 is 0 Å². The second-order valence-corrected chi connectivity index (χ2v) is 4.95. The molecule has 1 N–H and O–H groups in total. The highest BCUT2D eigenvalue weighted by Gasteiger charge is 2.09. The van der Waals surface area contributed by atoms with Gasteiger partial charge in [0.1, 0.15) is 11.6 Å². The van der Waals surface area contributed by atoms with Gasteiger partial charge in [-0.15, -0.1) is 0 Å². The minimum absolute atomic E-state index is 0.284. The van der Waals surface area contributed by atoms with E-state index in [4.69, 9.17) is 0 Å². The number of hydrogen-bond acceptors (Lipinski definition) is 3. The maximum Gasteiger partial charge on any atom is 0.162 e. The molecule has 0 saturated heterocycles. The number of benzene rings is 2. The summed E-state index contributed by atoms with van der Waals surface area (Å²) in [5, 5.41) is 3.88. The van der Waals surface area contributed by atoms with Gasteiger partial charge < -0.3 is 5.32 Å². The van der Waals surface area contributed by atoms with Crippen molar-refractivity contribution in [3.63, 3.8) is 0 Å². The van der Waals surface area contributed by atoms with Crippen LogP contribution in [-0.2, 0) is 0 Å². The van der Waals surface area contributed by atoms with Gasteiger partial charge in [-0.2, -0.15) is 0 Å². The standard InChI is InChI=1S/C17H16FN3/c1-3-19-17-14-10-13(18)8-9-15(14)20-16(21-17)12-6-4-11(2)5-7-12/h4-10H,3H2,1-2H3,(H,19,20,21). The van der Waals surface area contributed by atoms with Gasteiger partial charge in [0.2, 0.25) is 0 Å². The molecule has 0 amide bonds. The lowest BCUT2D eigenvalue weighted by molar-refractivity contribution is 0.629. The lowest BCUT2D eigenvalue weighted by atomic mass is 10.1. The molecule has 4 heteroatoms. The summed E-state index contributed by atoms with van der Waals surface area (Å²) in [6.45, 7) is 4.74. The van der Waals surface area contributed by atoms with Gasteiger partial charge in [0.15, 0.2) is 5.82 Å². The molecular weight excluding hydrogens is 265 g/mol. The van der Waals surface area contributed by atoms with Crippen LogP contribution >= 0.6 is 0 Å². The molecule has 3 nitrogen and oxygen atoms in total. The van der Waals surface area contributed by atoms with E-state index in [-0.39, 0.29) is 5.82 Å². The van der Waals surface area contributed by atoms with E-state index in [1.54, 1.807) is 6.07 Å². The summed E-state index contributed by atoms with van der Waals surface area (Å²) in [4.78, 5) is 9.08. The molecular formula is C17H16FN3. The molecule has 0 saturated carbocycles. The molecule has 1 heterocycles. The van der Waals surface area contributed by atoms with E-state index < -0.39 is 0 Å². The summed E-state index contributed by atoms with van der Waals surface area (Å²) < 4.78 is 13.4. The molecule has 0 fully saturated rings. The maximum atomic E-state index is 13.4. The van der Waals surface area contributed by atoms with Crippen molar-refractivity contribution < 1.29 is 4.39 Å². The summed E-state index contributed by atoms with van der Waals surface area (Å²) in [5.74, 6) is 1.02. The van der Waals surface area contributed by atoms with Crippen molar-refractivity contribution in [2.75, 3.05) is 11.9 Å². The third-order valence-electron chi connectivity index (χ3n) is 3.31. The number of fused-ring (bicyclic) bond motifs is 1. The lowest BCUT2D eigenvalue weighted by Gasteiger charge is -2.10. The van der Waals surface area contributed by atoms with Crippen molar-refractivity contribution in [3.05, 3.63) is 53.8 Å². The van der Waals surface area contributed by atoms with E-state index in [1.165, 1.54) is 17.7 Å². The van der Waals surface area contributed by atoms with E-state index in [0.717, 1.165) is 17.6 Å². The average molecular weight is 281 g/mol. The molecule has 2 aromatic carbocycles. The third kappa shape index (κ3) is 2.70. The summed E-state index contributed by atoms with van der Waals surface area (Å²) in [5.41, 5.74) is 2.87. The maximum absolute atomic E-state index is 13.4. The Hall–Kier alpha value is -2.49. The van der Waals surface area contributed by atoms with Crippen LogP contribution in [0.25, 0.3) is 22.3 Å². The van der Waals surface area contributed by atoms with Gasteiger partial charge in [-0.25, -0.2) is 14.4 Å². The first kappa shape index (κ1) is 13.5. The first-order valence-corrected chi connectivity index (χ1v) is 6.95. The Balaban J connectivity index is 2.20. The Kier molecular flexibility index (Phi) is 3.52. The zero-order chi connectivity index (χ0) is 14.8. The van der Waals surface area contributed by atoms with E-state index in [2.05, 4.69) is 15.3 Å². The minimum atomic E-state index is -0.284. The molecule has 0 bridgehead atoms. The predicted octanol–water partition coefficient (Wildman–Crippen LogP) is 4.18. The second-order valence-electron chi connectivity index (χ2n) is 4.95. The van der Waals surface area contributed by atoms with Gasteiger partial charge in [0.05, 0.1) is 5.52 Å². The Labute approximate surface area is 122 Å². The molecule has 21 heavy (non-hydrogen) atoms. The highest BCUT2D eigenvalue weighted by atomic mass is 19.1. The molecule has 106 valence electrons. The average Bonchev–Trinajstić information content (AvgIpc) is 2.48. The van der Waals surface area contributed by atoms with Crippen LogP contribution in [0.4, 0.5) is 10.2 Å². The first-order chi connectivity index (χ1) is 10.2. The number of aryl methyl sites for hydroxylation is 1. The van der Waals surface area contributed by atoms with Crippen molar-refractivity contribution in [2.45, 2.75) is 13.8 Å². The van der Waals surface area contributed by atoms with Crippen LogP contribution in [-0.4, -0.2) is 16.5 Å². The molecule has 0 aliphatic carbocycles. The Morgan fingerprint density at radius 1 is 1.05 bits per heavy atom. The number of hydrogen-bond donors (Lipinski definition) is 1. The van der Waals surface area contributed by atoms with Gasteiger partial charge in [-0.1, -0.05) is 29.8 Å². The van der Waals surface area contributed by atoms with Crippen LogP contribution in [0.2, 0.25) is 0 Å². The van der Waals surface area contributed by atoms with Crippen LogP contribution in [0.5, 0.6) is 0 Å². The fraction of sp³-hybridized carbons (Fsp3) is 0.176. The normalized spacial score (nSPS) is 10.8. The Morgan fingerprint density at radius 3 is 2.52 bits per heavy atom. The topological polar surface area (TPSA) is 37.8 Å². The van der Waals surface area contributed by atoms with Gasteiger partial charge in [-0.05, 0) is 32.0 Å². The summed E-state index contributed by atoms with van der Waals surface area (Å²) in [7, 11) is 0. The highest BCUT2D eigenvalue weighted by Crippen LogP contribution is 2.25. The van der Waals surface area contributed by atoms with Crippen molar-refractivity contribution in [1.82, 2.24) is 9.97 Å². The predicted molar refractivity (Wildman–Crippen MR) is 83.8 cm³/mol. The van der Waals surface area contributed by atoms with Crippen LogP contribution in [0.15, 0.2) is 42.5 Å². The quantitative estimate of drug-likeness (QED) is 0.782. The zero-order valence-electron chi connectivity index (χ0n) is 12.0. The van der Waals surface area contributed by atoms with Gasteiger partial charge in [-0.3, -0.25) is 0 Å². The van der Waals surface area contributed by atoms with Crippen LogP contribution < -0.4 is 5.32 Å². The molecule has 0 spiro atoms. The van der Waals surface area contributed by atoms with Crippen LogP contribution in [0.1, 0.15) is 12.5 Å². The highest BCUT2D eigenvalue weighted by molar-refractivity contribution is 5.90. The summed E-state index contributed by atoms with van der Waals surface area (Å²) in [6.07, 6.45) is 0. The number of rotatable bonds is 3. The van der Waals surface area contributed by atoms with Gasteiger partial charge in [0.25, 0.3) is 0 Å². The molecule has 0 unspecified atom stereocenters. The Morgan fingerprint density at radius 2 is 1.81 bits per heavy atom. The fourth-order valence-corrected chi connectivity index (χ4v) is 2.23. The molecule has 0 atom stereocenters. The molecule has 3 rings (SSSR count). The van der Waals surface area contributed by atoms with Crippen molar-refractivity contribution in [2.24, 2.45) is 0 Å². The third-order valence-corrected chi connectivity index (χ3v) is 3.31. The Bertz CT molecular complexity index is 782. The second kappa shape index (κ2) is 5.48. The summed E-state index contributed by atoms with van der Waals surface area (Å²) in [6, 6.07) is 12.6. The number of nitrogens with zero attached hydrogens (tertiary/aromatic N) is 2. The van der Waals surface area contributed by atoms with Crippen LogP contribution in [0, 0.1) is 12.7 Å². The molecule has 0 aliphatic rings. The molecule has 0 radical (unpaired) electrons. The monoisotopic (exact) mass is 281 g/mol. The smallest absolute Gasteiger partial charge is 0.162 e. The minimum Gasteiger partial charge on any atom is -0.370 e. The zero-order valence-corrected chi connectivity index (χ0v) is 12.0. The van der Waals surface area contributed by atoms with E-state index in [9.17, 15) is 4.39 Å². The first-order valence-electron chi connectivity index (χ1n) is 6.95. The van der Waals surface area contributed by atoms with E-state index in [1.807, 2.05) is 38.1 Å². The van der Waals surface area contributed by atoms with Gasteiger partial charge in [0, 0.05) is 17.5 Å². The number of aromatic nitrogens is 2. The molecule has 0 aliphatic heterocycles. The van der Waals surface area contributed by atoms with Crippen molar-refractivity contribution in [1.29, 1.82) is 0 Å². The largest absolute Gasteiger partial charge is 0.370 e. The number of anilines is 1. The molecule has 3 aromatic rings. The van der Waals surface area contributed by atoms with Crippen LogP contribution in [0.3, 0.4) is 0 Å². The number of nitrogens with one attached hydrogen (secondary N) is 1.